The zero-order valence-electron chi connectivity index (χ0n) is 10.3. The van der Waals surface area contributed by atoms with Crippen LogP contribution in [0.1, 0.15) is 21.1 Å². The van der Waals surface area contributed by atoms with Crippen molar-refractivity contribution in [2.45, 2.75) is 13.5 Å². The van der Waals surface area contributed by atoms with Crippen LogP contribution in [0.15, 0.2) is 29.6 Å². The van der Waals surface area contributed by atoms with Gasteiger partial charge in [-0.2, -0.15) is 0 Å². The van der Waals surface area contributed by atoms with E-state index in [0.29, 0.717) is 11.6 Å². The van der Waals surface area contributed by atoms with Crippen molar-refractivity contribution in [3.8, 4) is 5.75 Å². The standard InChI is InChI=1S/C13H14N2O2S/c1-9-8-18-13(15-9)12(16)14-7-10-5-3-4-6-11(10)17-2/h3-6,8H,7H2,1-2H3,(H,14,16). The fourth-order valence-electron chi connectivity index (χ4n) is 1.56. The Bertz CT molecular complexity index is 551. The van der Waals surface area contributed by atoms with Crippen LogP contribution in [-0.2, 0) is 6.54 Å². The molecule has 0 fully saturated rings. The second-order valence-corrected chi connectivity index (χ2v) is 4.65. The van der Waals surface area contributed by atoms with Gasteiger partial charge in [-0.15, -0.1) is 11.3 Å². The van der Waals surface area contributed by atoms with Gasteiger partial charge in [-0.1, -0.05) is 18.2 Å². The number of nitrogens with one attached hydrogen (secondary N) is 1. The number of aryl methyl sites for hydroxylation is 1. The molecular formula is C13H14N2O2S. The second-order valence-electron chi connectivity index (χ2n) is 3.79. The molecule has 1 amide bonds. The highest BCUT2D eigenvalue weighted by atomic mass is 32.1. The van der Waals surface area contributed by atoms with Crippen LogP contribution < -0.4 is 10.1 Å². The van der Waals surface area contributed by atoms with Crippen molar-refractivity contribution >= 4 is 17.2 Å². The number of amides is 1. The molecule has 5 heteroatoms. The lowest BCUT2D eigenvalue weighted by Gasteiger charge is -2.08. The van der Waals surface area contributed by atoms with E-state index in [1.54, 1.807) is 7.11 Å². The Labute approximate surface area is 110 Å². The largest absolute Gasteiger partial charge is 0.496 e. The van der Waals surface area contributed by atoms with Gasteiger partial charge in [0.05, 0.1) is 7.11 Å². The van der Waals surface area contributed by atoms with Gasteiger partial charge in [-0.05, 0) is 13.0 Å². The number of methoxy groups -OCH3 is 1. The monoisotopic (exact) mass is 262 g/mol. The van der Waals surface area contributed by atoms with E-state index in [-0.39, 0.29) is 5.91 Å². The maximum atomic E-state index is 11.8. The zero-order valence-corrected chi connectivity index (χ0v) is 11.1. The van der Waals surface area contributed by atoms with E-state index in [9.17, 15) is 4.79 Å². The molecule has 0 aliphatic carbocycles. The minimum atomic E-state index is -0.154. The average Bonchev–Trinajstić information content (AvgIpc) is 2.83. The van der Waals surface area contributed by atoms with Gasteiger partial charge in [0.2, 0.25) is 0 Å². The molecule has 0 aliphatic heterocycles. The van der Waals surface area contributed by atoms with Crippen LogP contribution in [-0.4, -0.2) is 18.0 Å². The quantitative estimate of drug-likeness (QED) is 0.920. The number of thiazole rings is 1. The number of nitrogens with zero attached hydrogens (tertiary/aromatic N) is 1. The Kier molecular flexibility index (Phi) is 3.94. The van der Waals surface area contributed by atoms with Crippen LogP contribution in [0.5, 0.6) is 5.75 Å². The molecule has 1 N–H and O–H groups in total. The first-order valence-corrected chi connectivity index (χ1v) is 6.41. The zero-order chi connectivity index (χ0) is 13.0. The van der Waals surface area contributed by atoms with Crippen molar-refractivity contribution in [1.82, 2.24) is 10.3 Å². The van der Waals surface area contributed by atoms with E-state index in [4.69, 9.17) is 4.74 Å². The van der Waals surface area contributed by atoms with Crippen molar-refractivity contribution in [2.75, 3.05) is 7.11 Å². The molecule has 2 aromatic rings. The molecular weight excluding hydrogens is 248 g/mol. The summed E-state index contributed by atoms with van der Waals surface area (Å²) in [6, 6.07) is 7.60. The first-order valence-electron chi connectivity index (χ1n) is 5.53. The molecule has 0 aliphatic rings. The third-order valence-electron chi connectivity index (χ3n) is 2.45. The maximum absolute atomic E-state index is 11.8. The molecule has 1 aromatic heterocycles. The number of benzene rings is 1. The Morgan fingerprint density at radius 2 is 2.22 bits per heavy atom. The van der Waals surface area contributed by atoms with Crippen molar-refractivity contribution in [3.05, 3.63) is 45.9 Å². The molecule has 1 heterocycles. The SMILES string of the molecule is COc1ccccc1CNC(=O)c1nc(C)cs1. The van der Waals surface area contributed by atoms with Crippen molar-refractivity contribution in [2.24, 2.45) is 0 Å². The summed E-state index contributed by atoms with van der Waals surface area (Å²) in [6.07, 6.45) is 0. The van der Waals surface area contributed by atoms with Gasteiger partial charge in [-0.25, -0.2) is 4.98 Å². The lowest BCUT2D eigenvalue weighted by molar-refractivity contribution is 0.0950. The molecule has 0 unspecified atom stereocenters. The maximum Gasteiger partial charge on any atom is 0.280 e. The van der Waals surface area contributed by atoms with Crippen LogP contribution in [0.25, 0.3) is 0 Å². The highest BCUT2D eigenvalue weighted by Gasteiger charge is 2.10. The number of hydrogen-bond acceptors (Lipinski definition) is 4. The lowest BCUT2D eigenvalue weighted by atomic mass is 10.2. The van der Waals surface area contributed by atoms with Gasteiger partial charge in [0.25, 0.3) is 5.91 Å². The predicted molar refractivity (Wildman–Crippen MR) is 71.0 cm³/mol. The van der Waals surface area contributed by atoms with Crippen LogP contribution in [0.3, 0.4) is 0 Å². The van der Waals surface area contributed by atoms with Crippen LogP contribution >= 0.6 is 11.3 Å². The fourth-order valence-corrected chi connectivity index (χ4v) is 2.27. The summed E-state index contributed by atoms with van der Waals surface area (Å²) in [6.45, 7) is 2.30. The van der Waals surface area contributed by atoms with Crippen LogP contribution in [0, 0.1) is 6.92 Å². The molecule has 2 rings (SSSR count). The van der Waals surface area contributed by atoms with Crippen LogP contribution in [0.2, 0.25) is 0 Å². The molecule has 0 radical (unpaired) electrons. The Morgan fingerprint density at radius 3 is 2.89 bits per heavy atom. The van der Waals surface area contributed by atoms with Gasteiger partial charge < -0.3 is 10.1 Å². The van der Waals surface area contributed by atoms with E-state index in [1.807, 2.05) is 36.6 Å². The molecule has 1 aromatic carbocycles. The normalized spacial score (nSPS) is 10.1. The molecule has 0 bridgehead atoms. The number of hydrogen-bond donors (Lipinski definition) is 1. The number of carbonyl (C=O) groups excluding carboxylic acids is 1. The fraction of sp³-hybridized carbons (Fsp3) is 0.231. The molecule has 94 valence electrons. The number of carbonyl (C=O) groups is 1. The number of rotatable bonds is 4. The van der Waals surface area contributed by atoms with Gasteiger partial charge in [-0.3, -0.25) is 4.79 Å². The highest BCUT2D eigenvalue weighted by molar-refractivity contribution is 7.11. The van der Waals surface area contributed by atoms with E-state index in [0.717, 1.165) is 17.0 Å². The average molecular weight is 262 g/mol. The summed E-state index contributed by atoms with van der Waals surface area (Å²) in [4.78, 5) is 16.0. The summed E-state index contributed by atoms with van der Waals surface area (Å²) >= 11 is 1.35. The van der Waals surface area contributed by atoms with E-state index >= 15 is 0 Å². The first-order chi connectivity index (χ1) is 8.70. The van der Waals surface area contributed by atoms with E-state index in [1.165, 1.54) is 11.3 Å². The molecule has 0 saturated carbocycles. The summed E-state index contributed by atoms with van der Waals surface area (Å²) in [5, 5.41) is 5.18. The van der Waals surface area contributed by atoms with Crippen molar-refractivity contribution < 1.29 is 9.53 Å². The summed E-state index contributed by atoms with van der Waals surface area (Å²) in [5.74, 6) is 0.618. The summed E-state index contributed by atoms with van der Waals surface area (Å²) in [5.41, 5.74) is 1.81. The highest BCUT2D eigenvalue weighted by Crippen LogP contribution is 2.17. The summed E-state index contributed by atoms with van der Waals surface area (Å²) in [7, 11) is 1.62. The van der Waals surface area contributed by atoms with Crippen molar-refractivity contribution in [1.29, 1.82) is 0 Å². The third kappa shape index (κ3) is 2.87. The minimum absolute atomic E-state index is 0.154. The summed E-state index contributed by atoms with van der Waals surface area (Å²) < 4.78 is 5.22. The molecule has 0 saturated heterocycles. The van der Waals surface area contributed by atoms with Gasteiger partial charge in [0.1, 0.15) is 5.75 Å². The molecule has 0 spiro atoms. The third-order valence-corrected chi connectivity index (χ3v) is 3.40. The smallest absolute Gasteiger partial charge is 0.280 e. The Morgan fingerprint density at radius 1 is 1.44 bits per heavy atom. The Hall–Kier alpha value is -1.88. The number of aromatic nitrogens is 1. The molecule has 4 nitrogen and oxygen atoms in total. The minimum Gasteiger partial charge on any atom is -0.496 e. The molecule has 18 heavy (non-hydrogen) atoms. The van der Waals surface area contributed by atoms with Gasteiger partial charge in [0, 0.05) is 23.2 Å². The second kappa shape index (κ2) is 5.64. The Balaban J connectivity index is 2.01. The predicted octanol–water partition coefficient (Wildman–Crippen LogP) is 2.39. The van der Waals surface area contributed by atoms with Gasteiger partial charge in [0.15, 0.2) is 5.01 Å². The number of para-hydroxylation sites is 1. The molecule has 0 atom stereocenters. The van der Waals surface area contributed by atoms with Crippen LogP contribution in [0.4, 0.5) is 0 Å². The van der Waals surface area contributed by atoms with Gasteiger partial charge >= 0.3 is 0 Å². The van der Waals surface area contributed by atoms with E-state index in [2.05, 4.69) is 10.3 Å². The number of ether oxygens (including phenoxy) is 1. The van der Waals surface area contributed by atoms with E-state index < -0.39 is 0 Å². The van der Waals surface area contributed by atoms with Crippen molar-refractivity contribution in [3.63, 3.8) is 0 Å². The lowest BCUT2D eigenvalue weighted by Crippen LogP contribution is -2.22. The first kappa shape index (κ1) is 12.6. The topological polar surface area (TPSA) is 51.2 Å².